The van der Waals surface area contributed by atoms with Crippen LogP contribution in [-0.2, 0) is 5.11 Å². The molecule has 2 heteroatoms. The van der Waals surface area contributed by atoms with E-state index in [0.29, 0.717) is 5.25 Å². The number of unbranched alkanes of at least 4 members (excludes halogenated alkanes) is 13. The quantitative estimate of drug-likeness (QED) is 0.213. The summed E-state index contributed by atoms with van der Waals surface area (Å²) in [6.45, 7) is 6.41. The van der Waals surface area contributed by atoms with Gasteiger partial charge in [0.2, 0.25) is 0 Å². The summed E-state index contributed by atoms with van der Waals surface area (Å²) in [6.07, 6.45) is 21.2. The van der Waals surface area contributed by atoms with E-state index in [-0.39, 0.29) is 0 Å². The largest absolute Gasteiger partial charge is 0.232 e. The van der Waals surface area contributed by atoms with Crippen molar-refractivity contribution in [3.63, 3.8) is 0 Å². The van der Waals surface area contributed by atoms with Crippen molar-refractivity contribution < 1.29 is 5.11 Å². The predicted molar refractivity (Wildman–Crippen MR) is 112 cm³/mol. The Morgan fingerprint density at radius 2 is 1.04 bits per heavy atom. The summed E-state index contributed by atoms with van der Waals surface area (Å²) >= 11 is 1.96. The maximum Gasteiger partial charge on any atom is 0.102 e. The molecular weight excluding hydrogens is 312 g/mol. The standard InChI is InChI=1S/C22H45OS/c1-4-6-8-10-12-13-14-16-18-20-24-22(21(3)23)19-17-15-11-9-7-5-2/h21-22H,4-20H2,1-3H3. The number of hydrogen-bond donors (Lipinski definition) is 0. The van der Waals surface area contributed by atoms with Crippen LogP contribution >= 0.6 is 11.8 Å². The highest BCUT2D eigenvalue weighted by Gasteiger charge is 2.16. The fourth-order valence-corrected chi connectivity index (χ4v) is 4.50. The van der Waals surface area contributed by atoms with Crippen molar-refractivity contribution >= 4 is 11.8 Å². The molecule has 0 bridgehead atoms. The molecule has 0 spiro atoms. The summed E-state index contributed by atoms with van der Waals surface area (Å²) in [5.41, 5.74) is 0. The maximum atomic E-state index is 11.9. The average molecular weight is 358 g/mol. The maximum absolute atomic E-state index is 11.9. The topological polar surface area (TPSA) is 19.9 Å². The lowest BCUT2D eigenvalue weighted by Gasteiger charge is -2.18. The molecule has 0 saturated heterocycles. The van der Waals surface area contributed by atoms with E-state index >= 15 is 0 Å². The van der Waals surface area contributed by atoms with Crippen molar-refractivity contribution in [2.45, 2.75) is 135 Å². The van der Waals surface area contributed by atoms with E-state index in [1.807, 2.05) is 18.7 Å². The third-order valence-corrected chi connectivity index (χ3v) is 6.52. The van der Waals surface area contributed by atoms with Gasteiger partial charge in [0.05, 0.1) is 0 Å². The molecule has 0 rings (SSSR count). The van der Waals surface area contributed by atoms with Crippen LogP contribution in [0.25, 0.3) is 0 Å². The third kappa shape index (κ3) is 17.1. The fourth-order valence-electron chi connectivity index (χ4n) is 3.23. The summed E-state index contributed by atoms with van der Waals surface area (Å²) in [6, 6.07) is 0. The first-order chi connectivity index (χ1) is 11.7. The van der Waals surface area contributed by atoms with E-state index in [2.05, 4.69) is 13.8 Å². The Morgan fingerprint density at radius 1 is 0.625 bits per heavy atom. The Morgan fingerprint density at radius 3 is 1.50 bits per heavy atom. The van der Waals surface area contributed by atoms with Gasteiger partial charge in [0.25, 0.3) is 0 Å². The second kappa shape index (κ2) is 19.6. The molecule has 0 N–H and O–H groups in total. The van der Waals surface area contributed by atoms with E-state index in [9.17, 15) is 5.11 Å². The number of hydrogen-bond acceptors (Lipinski definition) is 1. The van der Waals surface area contributed by atoms with Crippen molar-refractivity contribution in [1.82, 2.24) is 0 Å². The highest BCUT2D eigenvalue weighted by atomic mass is 32.2. The fraction of sp³-hybridized carbons (Fsp3) is 1.00. The molecule has 0 aliphatic carbocycles. The van der Waals surface area contributed by atoms with Crippen molar-refractivity contribution in [1.29, 1.82) is 0 Å². The zero-order valence-electron chi connectivity index (χ0n) is 17.0. The summed E-state index contributed by atoms with van der Waals surface area (Å²) < 4.78 is 0. The Hall–Kier alpha value is 0.310. The Bertz CT molecular complexity index is 230. The minimum Gasteiger partial charge on any atom is -0.232 e. The van der Waals surface area contributed by atoms with Crippen LogP contribution in [0.1, 0.15) is 124 Å². The van der Waals surface area contributed by atoms with Gasteiger partial charge in [-0.25, -0.2) is 5.11 Å². The molecule has 24 heavy (non-hydrogen) atoms. The van der Waals surface area contributed by atoms with E-state index in [0.717, 1.165) is 6.42 Å². The third-order valence-electron chi connectivity index (χ3n) is 4.95. The van der Waals surface area contributed by atoms with Crippen LogP contribution in [0.2, 0.25) is 0 Å². The molecular formula is C22H45OS. The van der Waals surface area contributed by atoms with E-state index < -0.39 is 6.10 Å². The van der Waals surface area contributed by atoms with Crippen LogP contribution in [0.4, 0.5) is 0 Å². The lowest BCUT2D eigenvalue weighted by molar-refractivity contribution is 0.100. The molecule has 0 saturated carbocycles. The molecule has 0 aliphatic rings. The van der Waals surface area contributed by atoms with Crippen molar-refractivity contribution in [2.24, 2.45) is 0 Å². The molecule has 145 valence electrons. The zero-order chi connectivity index (χ0) is 17.9. The van der Waals surface area contributed by atoms with Crippen LogP contribution < -0.4 is 0 Å². The van der Waals surface area contributed by atoms with Gasteiger partial charge in [0.15, 0.2) is 0 Å². The van der Waals surface area contributed by atoms with Gasteiger partial charge >= 0.3 is 0 Å². The van der Waals surface area contributed by atoms with E-state index in [1.54, 1.807) is 0 Å². The Labute approximate surface area is 157 Å². The van der Waals surface area contributed by atoms with Crippen LogP contribution in [0, 0.1) is 0 Å². The van der Waals surface area contributed by atoms with E-state index in [4.69, 9.17) is 0 Å². The number of rotatable bonds is 19. The number of thioether (sulfide) groups is 1. The van der Waals surface area contributed by atoms with Crippen LogP contribution in [-0.4, -0.2) is 17.1 Å². The molecule has 0 heterocycles. The SMILES string of the molecule is CCCCCCCCCCCSC(CCCCCCCC)C(C)[O]. The van der Waals surface area contributed by atoms with Gasteiger partial charge in [-0.3, -0.25) is 0 Å². The van der Waals surface area contributed by atoms with Gasteiger partial charge in [-0.15, -0.1) is 0 Å². The molecule has 0 aromatic rings. The summed E-state index contributed by atoms with van der Waals surface area (Å²) in [5, 5.41) is 12.2. The lowest BCUT2D eigenvalue weighted by Crippen LogP contribution is -2.18. The average Bonchev–Trinajstić information content (AvgIpc) is 2.57. The molecule has 2 unspecified atom stereocenters. The highest BCUT2D eigenvalue weighted by Crippen LogP contribution is 2.24. The molecule has 0 aromatic carbocycles. The second-order valence-electron chi connectivity index (χ2n) is 7.50. The minimum absolute atomic E-state index is 0.352. The minimum atomic E-state index is -0.399. The molecule has 2 atom stereocenters. The van der Waals surface area contributed by atoms with Gasteiger partial charge in [-0.05, 0) is 25.5 Å². The predicted octanol–water partition coefficient (Wildman–Crippen LogP) is 8.19. The summed E-state index contributed by atoms with van der Waals surface area (Å²) in [7, 11) is 0. The van der Waals surface area contributed by atoms with Crippen molar-refractivity contribution in [3.05, 3.63) is 0 Å². The van der Waals surface area contributed by atoms with Gasteiger partial charge < -0.3 is 0 Å². The van der Waals surface area contributed by atoms with Crippen LogP contribution in [0.15, 0.2) is 0 Å². The molecule has 0 amide bonds. The molecule has 0 aromatic heterocycles. The highest BCUT2D eigenvalue weighted by molar-refractivity contribution is 7.99. The van der Waals surface area contributed by atoms with Gasteiger partial charge in [-0.2, -0.15) is 11.8 Å². The Balaban J connectivity index is 3.44. The molecule has 0 fully saturated rings. The summed E-state index contributed by atoms with van der Waals surface area (Å²) in [4.78, 5) is 0. The van der Waals surface area contributed by atoms with Crippen LogP contribution in [0.3, 0.4) is 0 Å². The molecule has 0 aliphatic heterocycles. The Kier molecular flexibility index (Phi) is 19.9. The molecule has 1 nitrogen and oxygen atoms in total. The zero-order valence-corrected chi connectivity index (χ0v) is 17.8. The first-order valence-corrected chi connectivity index (χ1v) is 12.0. The summed E-state index contributed by atoms with van der Waals surface area (Å²) in [5.74, 6) is 1.20. The molecule has 1 radical (unpaired) electrons. The van der Waals surface area contributed by atoms with Gasteiger partial charge in [0, 0.05) is 5.25 Å². The first-order valence-electron chi connectivity index (χ1n) is 11.0. The van der Waals surface area contributed by atoms with Gasteiger partial charge in [-0.1, -0.05) is 104 Å². The van der Waals surface area contributed by atoms with Crippen molar-refractivity contribution in [2.75, 3.05) is 5.75 Å². The first kappa shape index (κ1) is 24.3. The monoisotopic (exact) mass is 357 g/mol. The van der Waals surface area contributed by atoms with E-state index in [1.165, 1.54) is 102 Å². The lowest BCUT2D eigenvalue weighted by atomic mass is 10.1. The second-order valence-corrected chi connectivity index (χ2v) is 8.85. The van der Waals surface area contributed by atoms with Gasteiger partial charge in [0.1, 0.15) is 6.10 Å². The van der Waals surface area contributed by atoms with Crippen LogP contribution in [0.5, 0.6) is 0 Å². The smallest absolute Gasteiger partial charge is 0.102 e. The normalized spacial score (nSPS) is 14.0. The van der Waals surface area contributed by atoms with Crippen molar-refractivity contribution in [3.8, 4) is 0 Å².